The van der Waals surface area contributed by atoms with E-state index in [1.165, 1.54) is 11.8 Å². The third kappa shape index (κ3) is 3.56. The van der Waals surface area contributed by atoms with E-state index in [0.29, 0.717) is 22.8 Å². The molecule has 0 aliphatic heterocycles. The maximum absolute atomic E-state index is 11.5. The minimum atomic E-state index is -0.233. The van der Waals surface area contributed by atoms with Crippen LogP contribution in [0.25, 0.3) is 0 Å². The van der Waals surface area contributed by atoms with Gasteiger partial charge in [-0.3, -0.25) is 4.79 Å². The van der Waals surface area contributed by atoms with Gasteiger partial charge in [-0.05, 0) is 37.3 Å². The quantitative estimate of drug-likeness (QED) is 0.931. The molecule has 0 atom stereocenters. The minimum absolute atomic E-state index is 0.233. The van der Waals surface area contributed by atoms with Gasteiger partial charge in [0.2, 0.25) is 0 Å². The molecule has 2 aromatic rings. The van der Waals surface area contributed by atoms with E-state index in [2.05, 4.69) is 21.6 Å². The second-order valence-electron chi connectivity index (χ2n) is 3.86. The maximum atomic E-state index is 11.5. The van der Waals surface area contributed by atoms with Gasteiger partial charge in [0.1, 0.15) is 5.03 Å². The predicted octanol–water partition coefficient (Wildman–Crippen LogP) is 2.25. The van der Waals surface area contributed by atoms with E-state index in [9.17, 15) is 4.79 Å². The Bertz CT molecular complexity index is 649. The second-order valence-corrected chi connectivity index (χ2v) is 4.95. The molecule has 1 heterocycles. The zero-order chi connectivity index (χ0) is 14.4. The molecule has 2 rings (SSSR count). The average molecular weight is 284 g/mol. The van der Waals surface area contributed by atoms with Crippen LogP contribution >= 0.6 is 11.8 Å². The number of nitriles is 1. The fourth-order valence-electron chi connectivity index (χ4n) is 1.50. The number of carbonyl (C=O) groups is 1. The number of nitrogens with zero attached hydrogens (tertiary/aromatic N) is 3. The Morgan fingerprint density at radius 3 is 2.85 bits per heavy atom. The molecule has 0 spiro atoms. The molecule has 1 aromatic heterocycles. The summed E-state index contributed by atoms with van der Waals surface area (Å²) in [6.07, 6.45) is 0. The summed E-state index contributed by atoms with van der Waals surface area (Å²) in [5, 5.41) is 20.1. The van der Waals surface area contributed by atoms with Crippen LogP contribution < -0.4 is 5.32 Å². The molecule has 20 heavy (non-hydrogen) atoms. The Morgan fingerprint density at radius 2 is 2.20 bits per heavy atom. The Balaban J connectivity index is 2.11. The molecule has 1 amide bonds. The summed E-state index contributed by atoms with van der Waals surface area (Å²) in [6.45, 7) is 2.40. The van der Waals surface area contributed by atoms with Gasteiger partial charge in [-0.15, -0.1) is 10.2 Å². The van der Waals surface area contributed by atoms with Crippen LogP contribution in [0.4, 0.5) is 0 Å². The Morgan fingerprint density at radius 1 is 1.35 bits per heavy atom. The molecule has 0 aliphatic rings. The lowest BCUT2D eigenvalue weighted by Gasteiger charge is -2.02. The average Bonchev–Trinajstić information content (AvgIpc) is 2.48. The van der Waals surface area contributed by atoms with Crippen LogP contribution in [-0.4, -0.2) is 22.6 Å². The third-order valence-electron chi connectivity index (χ3n) is 2.40. The number of carbonyl (C=O) groups excluding carboxylic acids is 1. The van der Waals surface area contributed by atoms with Crippen LogP contribution in [0, 0.1) is 11.3 Å². The number of nitrogens with one attached hydrogen (secondary N) is 1. The van der Waals surface area contributed by atoms with Gasteiger partial charge in [0.15, 0.2) is 5.69 Å². The van der Waals surface area contributed by atoms with E-state index in [4.69, 9.17) is 5.26 Å². The maximum Gasteiger partial charge on any atom is 0.271 e. The van der Waals surface area contributed by atoms with Crippen molar-refractivity contribution in [3.05, 3.63) is 47.7 Å². The molecule has 0 bridgehead atoms. The van der Waals surface area contributed by atoms with Crippen molar-refractivity contribution in [1.82, 2.24) is 15.5 Å². The van der Waals surface area contributed by atoms with E-state index in [-0.39, 0.29) is 5.91 Å². The van der Waals surface area contributed by atoms with E-state index in [0.717, 1.165) is 4.90 Å². The first kappa shape index (κ1) is 14.0. The van der Waals surface area contributed by atoms with Crippen LogP contribution in [0.15, 0.2) is 46.3 Å². The molecule has 0 radical (unpaired) electrons. The Labute approximate surface area is 121 Å². The molecule has 6 heteroatoms. The van der Waals surface area contributed by atoms with Gasteiger partial charge in [-0.25, -0.2) is 0 Å². The van der Waals surface area contributed by atoms with Crippen LogP contribution in [0.2, 0.25) is 0 Å². The van der Waals surface area contributed by atoms with E-state index in [1.807, 2.05) is 19.1 Å². The highest BCUT2D eigenvalue weighted by Crippen LogP contribution is 2.25. The molecule has 0 saturated carbocycles. The summed E-state index contributed by atoms with van der Waals surface area (Å²) in [5.74, 6) is -0.233. The number of amides is 1. The van der Waals surface area contributed by atoms with Crippen molar-refractivity contribution < 1.29 is 4.79 Å². The molecule has 0 saturated heterocycles. The lowest BCUT2D eigenvalue weighted by atomic mass is 10.2. The molecule has 1 N–H and O–H groups in total. The van der Waals surface area contributed by atoms with Gasteiger partial charge in [0.25, 0.3) is 5.91 Å². The lowest BCUT2D eigenvalue weighted by molar-refractivity contribution is 0.0949. The van der Waals surface area contributed by atoms with Gasteiger partial charge < -0.3 is 5.32 Å². The van der Waals surface area contributed by atoms with Crippen molar-refractivity contribution >= 4 is 17.7 Å². The Hall–Kier alpha value is -2.39. The molecule has 0 fully saturated rings. The Kier molecular flexibility index (Phi) is 4.69. The van der Waals surface area contributed by atoms with Crippen LogP contribution in [0.1, 0.15) is 23.0 Å². The summed E-state index contributed by atoms with van der Waals surface area (Å²) in [7, 11) is 0. The zero-order valence-electron chi connectivity index (χ0n) is 10.8. The fraction of sp³-hybridized carbons (Fsp3) is 0.143. The summed E-state index contributed by atoms with van der Waals surface area (Å²) < 4.78 is 0. The van der Waals surface area contributed by atoms with Gasteiger partial charge >= 0.3 is 0 Å². The minimum Gasteiger partial charge on any atom is -0.351 e. The first-order valence-corrected chi connectivity index (χ1v) is 6.84. The summed E-state index contributed by atoms with van der Waals surface area (Å²) >= 11 is 1.39. The molecular formula is C14H12N4OS. The summed E-state index contributed by atoms with van der Waals surface area (Å²) in [5.41, 5.74) is 0.892. The number of hydrogen-bond donors (Lipinski definition) is 1. The van der Waals surface area contributed by atoms with Crippen molar-refractivity contribution in [1.29, 1.82) is 5.26 Å². The SMILES string of the molecule is CCNC(=O)c1ccc(Sc2cccc(C#N)c2)nn1. The van der Waals surface area contributed by atoms with E-state index in [1.54, 1.807) is 24.3 Å². The van der Waals surface area contributed by atoms with Crippen molar-refractivity contribution in [2.75, 3.05) is 6.54 Å². The van der Waals surface area contributed by atoms with Crippen molar-refractivity contribution in [2.24, 2.45) is 0 Å². The predicted molar refractivity (Wildman–Crippen MR) is 75.3 cm³/mol. The molecule has 5 nitrogen and oxygen atoms in total. The standard InChI is InChI=1S/C14H12N4OS/c1-2-16-14(19)12-6-7-13(18-17-12)20-11-5-3-4-10(8-11)9-15/h3-8H,2H2,1H3,(H,16,19). The lowest BCUT2D eigenvalue weighted by Crippen LogP contribution is -2.23. The highest BCUT2D eigenvalue weighted by Gasteiger charge is 2.07. The van der Waals surface area contributed by atoms with Crippen molar-refractivity contribution in [3.8, 4) is 6.07 Å². The highest BCUT2D eigenvalue weighted by atomic mass is 32.2. The summed E-state index contributed by atoms with van der Waals surface area (Å²) in [4.78, 5) is 12.4. The zero-order valence-corrected chi connectivity index (χ0v) is 11.6. The topological polar surface area (TPSA) is 78.7 Å². The fourth-order valence-corrected chi connectivity index (χ4v) is 2.29. The second kappa shape index (κ2) is 6.68. The van der Waals surface area contributed by atoms with Crippen LogP contribution in [-0.2, 0) is 0 Å². The monoisotopic (exact) mass is 284 g/mol. The first-order chi connectivity index (χ1) is 9.72. The largest absolute Gasteiger partial charge is 0.351 e. The number of aromatic nitrogens is 2. The summed E-state index contributed by atoms with van der Waals surface area (Å²) in [6, 6.07) is 12.7. The van der Waals surface area contributed by atoms with Gasteiger partial charge in [0.05, 0.1) is 11.6 Å². The molecule has 1 aromatic carbocycles. The van der Waals surface area contributed by atoms with Crippen LogP contribution in [0.3, 0.4) is 0 Å². The number of hydrogen-bond acceptors (Lipinski definition) is 5. The normalized spacial score (nSPS) is 9.80. The molecule has 0 aliphatic carbocycles. The highest BCUT2D eigenvalue weighted by molar-refractivity contribution is 7.99. The molecular weight excluding hydrogens is 272 g/mol. The number of benzene rings is 1. The van der Waals surface area contributed by atoms with Crippen LogP contribution in [0.5, 0.6) is 0 Å². The number of rotatable bonds is 4. The van der Waals surface area contributed by atoms with Gasteiger partial charge in [0, 0.05) is 11.4 Å². The van der Waals surface area contributed by atoms with Crippen molar-refractivity contribution in [2.45, 2.75) is 16.8 Å². The van der Waals surface area contributed by atoms with Crippen molar-refractivity contribution in [3.63, 3.8) is 0 Å². The first-order valence-electron chi connectivity index (χ1n) is 6.03. The molecule has 100 valence electrons. The van der Waals surface area contributed by atoms with E-state index >= 15 is 0 Å². The smallest absolute Gasteiger partial charge is 0.271 e. The molecule has 0 unspecified atom stereocenters. The van der Waals surface area contributed by atoms with Gasteiger partial charge in [-0.2, -0.15) is 5.26 Å². The van der Waals surface area contributed by atoms with E-state index < -0.39 is 0 Å². The van der Waals surface area contributed by atoms with Gasteiger partial charge in [-0.1, -0.05) is 17.8 Å². The third-order valence-corrected chi connectivity index (χ3v) is 3.31.